The number of H-pyrrole nitrogens is 1. The summed E-state index contributed by atoms with van der Waals surface area (Å²) in [6.45, 7) is 0.885. The van der Waals surface area contributed by atoms with E-state index in [0.717, 1.165) is 5.69 Å². The van der Waals surface area contributed by atoms with Crippen LogP contribution in [0.3, 0.4) is 0 Å². The third-order valence-electron chi connectivity index (χ3n) is 6.01. The number of rotatable bonds is 4. The molecule has 0 radical (unpaired) electrons. The monoisotopic (exact) mass is 475 g/mol. The summed E-state index contributed by atoms with van der Waals surface area (Å²) in [4.78, 5) is 24.2. The van der Waals surface area contributed by atoms with E-state index >= 15 is 0 Å². The molecule has 0 fully saturated rings. The first-order valence-corrected chi connectivity index (χ1v) is 10.9. The maximum Gasteiger partial charge on any atom is 0.267 e. The molecular weight excluding hydrogens is 456 g/mol. The van der Waals surface area contributed by atoms with Gasteiger partial charge in [-0.25, -0.2) is 13.8 Å². The number of likely N-dealkylation sites (N-methyl/N-ethyl adjacent to an activating group) is 1. The lowest BCUT2D eigenvalue weighted by atomic mass is 10.2. The van der Waals surface area contributed by atoms with Crippen LogP contribution in [0.1, 0.15) is 0 Å². The summed E-state index contributed by atoms with van der Waals surface area (Å²) in [6, 6.07) is 10.4. The number of hydrogen-bond donors (Lipinski definition) is 2. The van der Waals surface area contributed by atoms with E-state index in [1.165, 1.54) is 35.0 Å². The van der Waals surface area contributed by atoms with Gasteiger partial charge in [-0.2, -0.15) is 10.1 Å². The normalized spacial score (nSPS) is 15.3. The average molecular weight is 475 g/mol. The van der Waals surface area contributed by atoms with Crippen LogP contribution in [0.5, 0.6) is 5.75 Å². The largest absolute Gasteiger partial charge is 0.484 e. The van der Waals surface area contributed by atoms with Crippen molar-refractivity contribution < 1.29 is 13.5 Å². The number of pyridine rings is 1. The second kappa shape index (κ2) is 8.05. The number of aromatic amines is 1. The molecule has 1 atom stereocenters. The lowest BCUT2D eigenvalue weighted by Gasteiger charge is -2.33. The lowest BCUT2D eigenvalue weighted by Crippen LogP contribution is -2.41. The Morgan fingerprint density at radius 3 is 2.86 bits per heavy atom. The summed E-state index contributed by atoms with van der Waals surface area (Å²) in [5.41, 5.74) is 1.13. The molecule has 1 aliphatic rings. The number of benzene rings is 2. The minimum absolute atomic E-state index is 0.0751. The zero-order chi connectivity index (χ0) is 24.1. The number of fused-ring (bicyclic) bond motifs is 4. The zero-order valence-corrected chi connectivity index (χ0v) is 18.5. The maximum absolute atomic E-state index is 14.7. The number of halogens is 2. The van der Waals surface area contributed by atoms with Crippen LogP contribution in [0.2, 0.25) is 0 Å². The highest BCUT2D eigenvalue weighted by molar-refractivity contribution is 6.02. The van der Waals surface area contributed by atoms with Crippen LogP contribution < -0.4 is 20.5 Å². The van der Waals surface area contributed by atoms with Gasteiger partial charge in [-0.15, -0.1) is 0 Å². The zero-order valence-electron chi connectivity index (χ0n) is 18.5. The standard InChI is InChI=1S/C24H19F2N7O2/c1-32-12-14(35-20-8-13(25)6-7-19(20)32)9-27-24-28-10-15-21-16(11-29-31-21)23(34)33(22(15)30-24)18-5-3-2-4-17(18)26/h2-8,10-11,14H,9,12H2,1H3,(H,29,31)(H,27,28,30)/t14-/m0/s1. The molecule has 3 aromatic heterocycles. The smallest absolute Gasteiger partial charge is 0.267 e. The van der Waals surface area contributed by atoms with Gasteiger partial charge in [-0.05, 0) is 24.3 Å². The number of nitrogens with one attached hydrogen (secondary N) is 2. The minimum atomic E-state index is -0.559. The number of anilines is 2. The first kappa shape index (κ1) is 21.0. The van der Waals surface area contributed by atoms with Crippen LogP contribution in [0.25, 0.3) is 27.6 Å². The molecule has 0 bridgehead atoms. The second-order valence-corrected chi connectivity index (χ2v) is 8.29. The first-order valence-electron chi connectivity index (χ1n) is 10.9. The average Bonchev–Trinajstić information content (AvgIpc) is 3.34. The van der Waals surface area contributed by atoms with E-state index in [-0.39, 0.29) is 29.2 Å². The van der Waals surface area contributed by atoms with E-state index in [4.69, 9.17) is 4.74 Å². The molecule has 11 heteroatoms. The summed E-state index contributed by atoms with van der Waals surface area (Å²) in [6.07, 6.45) is 2.65. The highest BCUT2D eigenvalue weighted by Gasteiger charge is 2.24. The number of aromatic nitrogens is 5. The van der Waals surface area contributed by atoms with Crippen molar-refractivity contribution in [2.45, 2.75) is 6.10 Å². The maximum atomic E-state index is 14.7. The van der Waals surface area contributed by atoms with E-state index in [9.17, 15) is 13.6 Å². The van der Waals surface area contributed by atoms with Crippen LogP contribution >= 0.6 is 0 Å². The predicted octanol–water partition coefficient (Wildman–Crippen LogP) is 3.24. The van der Waals surface area contributed by atoms with Gasteiger partial charge in [-0.3, -0.25) is 14.5 Å². The molecule has 1 aliphatic heterocycles. The summed E-state index contributed by atoms with van der Waals surface area (Å²) in [5.74, 6) is -0.242. The van der Waals surface area contributed by atoms with Gasteiger partial charge < -0.3 is 15.0 Å². The van der Waals surface area contributed by atoms with Gasteiger partial charge in [0.2, 0.25) is 5.95 Å². The van der Waals surface area contributed by atoms with Gasteiger partial charge in [0.1, 0.15) is 23.5 Å². The number of nitrogens with zero attached hydrogens (tertiary/aromatic N) is 5. The van der Waals surface area contributed by atoms with Crippen molar-refractivity contribution in [2.24, 2.45) is 0 Å². The molecule has 0 unspecified atom stereocenters. The molecule has 0 spiro atoms. The summed E-state index contributed by atoms with van der Waals surface area (Å²) < 4.78 is 35.5. The molecule has 4 heterocycles. The lowest BCUT2D eigenvalue weighted by molar-refractivity contribution is 0.207. The van der Waals surface area contributed by atoms with Crippen LogP contribution in [-0.4, -0.2) is 51.0 Å². The topological polar surface area (TPSA) is 101 Å². The fourth-order valence-electron chi connectivity index (χ4n) is 4.36. The van der Waals surface area contributed by atoms with Gasteiger partial charge in [0.15, 0.2) is 5.65 Å². The third-order valence-corrected chi connectivity index (χ3v) is 6.01. The molecule has 6 rings (SSSR count). The Hall–Kier alpha value is -4.54. The number of para-hydroxylation sites is 1. The van der Waals surface area contributed by atoms with E-state index in [1.54, 1.807) is 24.4 Å². The van der Waals surface area contributed by atoms with Gasteiger partial charge in [0.05, 0.1) is 47.0 Å². The molecule has 5 aromatic rings. The fourth-order valence-corrected chi connectivity index (χ4v) is 4.36. The molecule has 0 saturated carbocycles. The van der Waals surface area contributed by atoms with Crippen molar-refractivity contribution in [2.75, 3.05) is 30.4 Å². The summed E-state index contributed by atoms with van der Waals surface area (Å²) in [5, 5.41) is 10.7. The van der Waals surface area contributed by atoms with Gasteiger partial charge in [-0.1, -0.05) is 12.1 Å². The Kier molecular flexibility index (Phi) is 4.83. The number of hydrogen-bond acceptors (Lipinski definition) is 7. The SMILES string of the molecule is CN1C[C@H](CNc2ncc3c4[nH]ncc4c(=O)n(-c4ccccc4F)c3n2)Oc2cc(F)ccc21. The summed E-state index contributed by atoms with van der Waals surface area (Å²) >= 11 is 0. The van der Waals surface area contributed by atoms with Crippen molar-refractivity contribution in [3.05, 3.63) is 76.8 Å². The van der Waals surface area contributed by atoms with Gasteiger partial charge in [0.25, 0.3) is 5.56 Å². The van der Waals surface area contributed by atoms with Crippen LogP contribution in [0.15, 0.2) is 59.7 Å². The van der Waals surface area contributed by atoms with E-state index < -0.39 is 11.4 Å². The van der Waals surface area contributed by atoms with Crippen LogP contribution in [-0.2, 0) is 0 Å². The van der Waals surface area contributed by atoms with Crippen LogP contribution in [0.4, 0.5) is 20.4 Å². The van der Waals surface area contributed by atoms with E-state index in [0.29, 0.717) is 35.1 Å². The molecule has 2 aromatic carbocycles. The molecule has 35 heavy (non-hydrogen) atoms. The van der Waals surface area contributed by atoms with Crippen molar-refractivity contribution in [1.29, 1.82) is 0 Å². The fraction of sp³-hybridized carbons (Fsp3) is 0.167. The van der Waals surface area contributed by atoms with E-state index in [1.807, 2.05) is 11.9 Å². The third kappa shape index (κ3) is 3.52. The van der Waals surface area contributed by atoms with Crippen molar-refractivity contribution in [1.82, 2.24) is 24.7 Å². The Morgan fingerprint density at radius 2 is 2.00 bits per heavy atom. The van der Waals surface area contributed by atoms with Crippen molar-refractivity contribution in [3.8, 4) is 11.4 Å². The van der Waals surface area contributed by atoms with Crippen LogP contribution in [0, 0.1) is 11.6 Å². The second-order valence-electron chi connectivity index (χ2n) is 8.29. The Labute approximate surface area is 197 Å². The molecule has 0 amide bonds. The Bertz CT molecular complexity index is 1650. The highest BCUT2D eigenvalue weighted by Crippen LogP contribution is 2.33. The Balaban J connectivity index is 1.37. The molecular formula is C24H19F2N7O2. The molecule has 0 aliphatic carbocycles. The molecule has 2 N–H and O–H groups in total. The van der Waals surface area contributed by atoms with Gasteiger partial charge in [0, 0.05) is 19.3 Å². The minimum Gasteiger partial charge on any atom is -0.484 e. The van der Waals surface area contributed by atoms with Crippen molar-refractivity contribution in [3.63, 3.8) is 0 Å². The molecule has 9 nitrogen and oxygen atoms in total. The predicted molar refractivity (Wildman–Crippen MR) is 127 cm³/mol. The van der Waals surface area contributed by atoms with E-state index in [2.05, 4.69) is 25.5 Å². The first-order chi connectivity index (χ1) is 17.0. The Morgan fingerprint density at radius 1 is 1.14 bits per heavy atom. The quantitative estimate of drug-likeness (QED) is 0.412. The van der Waals surface area contributed by atoms with Gasteiger partial charge >= 0.3 is 0 Å². The van der Waals surface area contributed by atoms with Crippen molar-refractivity contribution >= 4 is 33.6 Å². The molecule has 176 valence electrons. The summed E-state index contributed by atoms with van der Waals surface area (Å²) in [7, 11) is 1.90. The number of ether oxygens (including phenoxy) is 1. The highest BCUT2D eigenvalue weighted by atomic mass is 19.1. The molecule has 0 saturated heterocycles.